The molecule has 2 atom stereocenters. The summed E-state index contributed by atoms with van der Waals surface area (Å²) in [5.41, 5.74) is 3.52. The molecule has 2 aliphatic heterocycles. The van der Waals surface area contributed by atoms with Gasteiger partial charge in [-0.05, 0) is 46.1 Å². The number of hydrogen-bond acceptors (Lipinski definition) is 3. The molecule has 5 nitrogen and oxygen atoms in total. The van der Waals surface area contributed by atoms with E-state index in [-0.39, 0.29) is 36.9 Å². The summed E-state index contributed by atoms with van der Waals surface area (Å²) in [6.45, 7) is 6.02. The van der Waals surface area contributed by atoms with Crippen molar-refractivity contribution in [3.05, 3.63) is 17.0 Å². The molecule has 132 valence electrons. The van der Waals surface area contributed by atoms with E-state index in [4.69, 9.17) is 0 Å². The van der Waals surface area contributed by atoms with Crippen molar-refractivity contribution in [2.45, 2.75) is 58.0 Å². The van der Waals surface area contributed by atoms with Gasteiger partial charge in [-0.2, -0.15) is 5.10 Å². The summed E-state index contributed by atoms with van der Waals surface area (Å²) < 4.78 is 1.94. The van der Waals surface area contributed by atoms with Crippen LogP contribution in [0.3, 0.4) is 0 Å². The minimum Gasteiger partial charge on any atom is -0.334 e. The highest BCUT2D eigenvalue weighted by Gasteiger charge is 2.36. The first-order chi connectivity index (χ1) is 10.1. The summed E-state index contributed by atoms with van der Waals surface area (Å²) in [4.78, 5) is 14.9. The normalized spacial score (nSPS) is 24.0. The van der Waals surface area contributed by atoms with E-state index in [2.05, 4.69) is 29.2 Å². The molecule has 0 spiro atoms. The van der Waals surface area contributed by atoms with Gasteiger partial charge in [-0.15, -0.1) is 24.8 Å². The molecule has 0 aromatic carbocycles. The quantitative estimate of drug-likeness (QED) is 0.879. The van der Waals surface area contributed by atoms with Gasteiger partial charge in [0.25, 0.3) is 0 Å². The molecule has 1 amide bonds. The number of carbonyl (C=O) groups is 1. The number of piperidine rings is 1. The van der Waals surface area contributed by atoms with Gasteiger partial charge in [-0.1, -0.05) is 6.42 Å². The summed E-state index contributed by atoms with van der Waals surface area (Å²) in [6, 6.07) is 0.242. The molecule has 7 heteroatoms. The van der Waals surface area contributed by atoms with Crippen molar-refractivity contribution in [2.24, 2.45) is 7.05 Å². The van der Waals surface area contributed by atoms with Crippen molar-refractivity contribution in [3.8, 4) is 0 Å². The Balaban J connectivity index is 0.00000132. The number of aryl methyl sites for hydroxylation is 2. The molecule has 1 N–H and O–H groups in total. The smallest absolute Gasteiger partial charge is 0.240 e. The zero-order valence-corrected chi connectivity index (χ0v) is 15.8. The van der Waals surface area contributed by atoms with Crippen LogP contribution in [0.15, 0.2) is 0 Å². The summed E-state index contributed by atoms with van der Waals surface area (Å²) >= 11 is 0. The van der Waals surface area contributed by atoms with Gasteiger partial charge in [0.05, 0.1) is 17.8 Å². The number of hydrogen-bond donors (Lipinski definition) is 1. The standard InChI is InChI=1S/C16H26N4O.2ClH/c1-11-15(12(2)19(3)18-11)14-8-6-10-20(14)16(21)13-7-4-5-9-17-13;;/h13-14,17H,4-10H2,1-3H3;2*1H/t13-,14?;;/m1../s1. The zero-order chi connectivity index (χ0) is 15.0. The molecule has 3 rings (SSSR count). The number of aromatic nitrogens is 2. The van der Waals surface area contributed by atoms with Gasteiger partial charge in [0.1, 0.15) is 0 Å². The lowest BCUT2D eigenvalue weighted by Crippen LogP contribution is -2.48. The van der Waals surface area contributed by atoms with Gasteiger partial charge in [0.15, 0.2) is 0 Å². The van der Waals surface area contributed by atoms with Crippen molar-refractivity contribution in [1.82, 2.24) is 20.0 Å². The number of carbonyl (C=O) groups excluding carboxylic acids is 1. The molecule has 2 aliphatic rings. The Bertz CT molecular complexity index is 540. The Morgan fingerprint density at radius 3 is 2.48 bits per heavy atom. The second kappa shape index (κ2) is 8.36. The van der Waals surface area contributed by atoms with Crippen molar-refractivity contribution in [2.75, 3.05) is 13.1 Å². The van der Waals surface area contributed by atoms with Crippen LogP contribution >= 0.6 is 24.8 Å². The van der Waals surface area contributed by atoms with Crippen molar-refractivity contribution < 1.29 is 4.79 Å². The Hall–Kier alpha value is -0.780. The van der Waals surface area contributed by atoms with Crippen LogP contribution in [-0.4, -0.2) is 39.7 Å². The molecule has 0 aliphatic carbocycles. The van der Waals surface area contributed by atoms with Crippen LogP contribution < -0.4 is 5.32 Å². The van der Waals surface area contributed by atoms with E-state index in [1.807, 2.05) is 11.7 Å². The minimum atomic E-state index is 0. The first-order valence-corrected chi connectivity index (χ1v) is 8.13. The maximum atomic E-state index is 12.8. The lowest BCUT2D eigenvalue weighted by atomic mass is 10.00. The van der Waals surface area contributed by atoms with Gasteiger partial charge >= 0.3 is 0 Å². The summed E-state index contributed by atoms with van der Waals surface area (Å²) in [5, 5.41) is 7.91. The van der Waals surface area contributed by atoms with Crippen LogP contribution in [0.25, 0.3) is 0 Å². The first-order valence-electron chi connectivity index (χ1n) is 8.13. The SMILES string of the molecule is Cc1nn(C)c(C)c1C1CCCN1C(=O)[C@H]1CCCCN1.Cl.Cl. The van der Waals surface area contributed by atoms with E-state index in [0.29, 0.717) is 5.91 Å². The lowest BCUT2D eigenvalue weighted by molar-refractivity contribution is -0.135. The Labute approximate surface area is 151 Å². The summed E-state index contributed by atoms with van der Waals surface area (Å²) in [6.07, 6.45) is 5.48. The Morgan fingerprint density at radius 1 is 1.17 bits per heavy atom. The summed E-state index contributed by atoms with van der Waals surface area (Å²) in [5.74, 6) is 0.292. The number of halogens is 2. The fraction of sp³-hybridized carbons (Fsp3) is 0.750. The number of nitrogens with zero attached hydrogens (tertiary/aromatic N) is 3. The predicted octanol–water partition coefficient (Wildman–Crippen LogP) is 2.69. The second-order valence-corrected chi connectivity index (χ2v) is 6.40. The van der Waals surface area contributed by atoms with E-state index in [1.165, 1.54) is 17.7 Å². The molecular weight excluding hydrogens is 335 g/mol. The third kappa shape index (κ3) is 3.83. The molecule has 1 unspecified atom stereocenters. The minimum absolute atomic E-state index is 0. The number of nitrogens with one attached hydrogen (secondary N) is 1. The average Bonchev–Trinajstić information content (AvgIpc) is 3.05. The fourth-order valence-electron chi connectivity index (χ4n) is 3.87. The van der Waals surface area contributed by atoms with Crippen LogP contribution in [0.1, 0.15) is 55.1 Å². The highest BCUT2D eigenvalue weighted by molar-refractivity contribution is 5.85. The number of likely N-dealkylation sites (tertiary alicyclic amines) is 1. The predicted molar refractivity (Wildman–Crippen MR) is 96.5 cm³/mol. The molecule has 23 heavy (non-hydrogen) atoms. The van der Waals surface area contributed by atoms with Gasteiger partial charge in [0, 0.05) is 24.8 Å². The van der Waals surface area contributed by atoms with Crippen LogP contribution in [0.5, 0.6) is 0 Å². The van der Waals surface area contributed by atoms with Crippen LogP contribution in [0, 0.1) is 13.8 Å². The van der Waals surface area contributed by atoms with Crippen LogP contribution in [0.2, 0.25) is 0 Å². The molecule has 1 aromatic rings. The van der Waals surface area contributed by atoms with E-state index in [0.717, 1.165) is 44.5 Å². The first kappa shape index (κ1) is 20.3. The Morgan fingerprint density at radius 2 is 1.91 bits per heavy atom. The van der Waals surface area contributed by atoms with E-state index >= 15 is 0 Å². The third-order valence-electron chi connectivity index (χ3n) is 5.04. The zero-order valence-electron chi connectivity index (χ0n) is 14.2. The topological polar surface area (TPSA) is 50.2 Å². The largest absolute Gasteiger partial charge is 0.334 e. The van der Waals surface area contributed by atoms with Gasteiger partial charge in [0.2, 0.25) is 5.91 Å². The van der Waals surface area contributed by atoms with Gasteiger partial charge in [-0.3, -0.25) is 9.48 Å². The monoisotopic (exact) mass is 362 g/mol. The van der Waals surface area contributed by atoms with Crippen molar-refractivity contribution in [3.63, 3.8) is 0 Å². The molecule has 3 heterocycles. The maximum Gasteiger partial charge on any atom is 0.240 e. The average molecular weight is 363 g/mol. The Kier molecular flexibility index (Phi) is 7.36. The molecule has 2 saturated heterocycles. The van der Waals surface area contributed by atoms with Crippen LogP contribution in [0.4, 0.5) is 0 Å². The number of amides is 1. The van der Waals surface area contributed by atoms with E-state index in [1.54, 1.807) is 0 Å². The van der Waals surface area contributed by atoms with E-state index < -0.39 is 0 Å². The highest BCUT2D eigenvalue weighted by Crippen LogP contribution is 2.36. The van der Waals surface area contributed by atoms with Crippen LogP contribution in [-0.2, 0) is 11.8 Å². The molecule has 0 bridgehead atoms. The molecular formula is C16H28Cl2N4O. The van der Waals surface area contributed by atoms with Crippen molar-refractivity contribution in [1.29, 1.82) is 0 Å². The van der Waals surface area contributed by atoms with Crippen molar-refractivity contribution >= 4 is 30.7 Å². The fourth-order valence-corrected chi connectivity index (χ4v) is 3.87. The number of rotatable bonds is 2. The maximum absolute atomic E-state index is 12.8. The molecule has 1 aromatic heterocycles. The van der Waals surface area contributed by atoms with E-state index in [9.17, 15) is 4.79 Å². The lowest BCUT2D eigenvalue weighted by Gasteiger charge is -2.31. The van der Waals surface area contributed by atoms with Gasteiger partial charge in [-0.25, -0.2) is 0 Å². The summed E-state index contributed by atoms with van der Waals surface area (Å²) in [7, 11) is 1.98. The third-order valence-corrected chi connectivity index (χ3v) is 5.04. The highest BCUT2D eigenvalue weighted by atomic mass is 35.5. The molecule has 0 saturated carbocycles. The molecule has 2 fully saturated rings. The second-order valence-electron chi connectivity index (χ2n) is 6.40. The van der Waals surface area contributed by atoms with Gasteiger partial charge < -0.3 is 10.2 Å². The molecule has 0 radical (unpaired) electrons.